The lowest BCUT2D eigenvalue weighted by Gasteiger charge is -2.21. The van der Waals surface area contributed by atoms with Crippen LogP contribution in [0.5, 0.6) is 0 Å². The summed E-state index contributed by atoms with van der Waals surface area (Å²) in [6, 6.07) is 5.09. The Hall–Kier alpha value is -1.09. The van der Waals surface area contributed by atoms with E-state index < -0.39 is 10.0 Å². The summed E-state index contributed by atoms with van der Waals surface area (Å²) >= 11 is 1.67. The number of rotatable bonds is 6. The normalized spacial score (nSPS) is 18.6. The fraction of sp³-hybridized carbons (Fsp3) is 0.611. The van der Waals surface area contributed by atoms with Crippen LogP contribution < -0.4 is 9.62 Å². The maximum atomic E-state index is 12.6. The van der Waals surface area contributed by atoms with Gasteiger partial charge < -0.3 is 9.80 Å². The van der Waals surface area contributed by atoms with E-state index in [1.54, 1.807) is 28.8 Å². The van der Waals surface area contributed by atoms with Crippen LogP contribution in [0.4, 0.5) is 5.69 Å². The molecule has 2 aliphatic rings. The molecule has 0 atom stereocenters. The van der Waals surface area contributed by atoms with Gasteiger partial charge in [0.25, 0.3) is 0 Å². The lowest BCUT2D eigenvalue weighted by Crippen LogP contribution is -2.30. The molecule has 1 amide bonds. The van der Waals surface area contributed by atoms with Crippen LogP contribution in [-0.2, 0) is 14.8 Å². The smallest absolute Gasteiger partial charge is 0.240 e. The summed E-state index contributed by atoms with van der Waals surface area (Å²) in [6.45, 7) is 5.76. The Kier molecular flexibility index (Phi) is 6.60. The lowest BCUT2D eigenvalue weighted by molar-refractivity contribution is -0.116. The zero-order valence-corrected chi connectivity index (χ0v) is 16.9. The standard InChI is InChI=1S/C18H27N3O3S2/c1-15(22)21-12-5-13-25-18-7-6-16(14-17(18)21)26(23,24)19-8-4-11-20-9-2-3-10-20/h6-7,14,19H,2-5,8-13H2,1H3. The first-order chi connectivity index (χ1) is 12.5. The molecule has 26 heavy (non-hydrogen) atoms. The van der Waals surface area contributed by atoms with Crippen LogP contribution in [0.25, 0.3) is 0 Å². The molecule has 8 heteroatoms. The van der Waals surface area contributed by atoms with Gasteiger partial charge in [-0.1, -0.05) is 0 Å². The molecule has 0 radical (unpaired) electrons. The first-order valence-electron chi connectivity index (χ1n) is 9.24. The summed E-state index contributed by atoms with van der Waals surface area (Å²) in [4.78, 5) is 17.2. The number of carbonyl (C=O) groups excluding carboxylic acids is 1. The third-order valence-electron chi connectivity index (χ3n) is 4.84. The summed E-state index contributed by atoms with van der Waals surface area (Å²) in [6.07, 6.45) is 4.19. The molecule has 1 fully saturated rings. The number of fused-ring (bicyclic) bond motifs is 1. The van der Waals surface area contributed by atoms with Crippen molar-refractivity contribution in [1.82, 2.24) is 9.62 Å². The number of benzene rings is 1. The van der Waals surface area contributed by atoms with E-state index in [2.05, 4.69) is 9.62 Å². The molecule has 1 aromatic rings. The highest BCUT2D eigenvalue weighted by molar-refractivity contribution is 7.99. The minimum atomic E-state index is -3.57. The maximum Gasteiger partial charge on any atom is 0.240 e. The molecule has 1 saturated heterocycles. The Morgan fingerprint density at radius 3 is 2.69 bits per heavy atom. The van der Waals surface area contributed by atoms with Gasteiger partial charge in [-0.3, -0.25) is 4.79 Å². The van der Waals surface area contributed by atoms with Gasteiger partial charge in [0, 0.05) is 24.9 Å². The molecule has 144 valence electrons. The van der Waals surface area contributed by atoms with E-state index in [0.29, 0.717) is 18.8 Å². The summed E-state index contributed by atoms with van der Waals surface area (Å²) in [5.41, 5.74) is 0.708. The van der Waals surface area contributed by atoms with E-state index >= 15 is 0 Å². The van der Waals surface area contributed by atoms with E-state index in [4.69, 9.17) is 0 Å². The first kappa shape index (κ1) is 19.7. The number of nitrogens with zero attached hydrogens (tertiary/aromatic N) is 2. The monoisotopic (exact) mass is 397 g/mol. The van der Waals surface area contributed by atoms with Crippen molar-refractivity contribution in [2.24, 2.45) is 0 Å². The molecule has 0 saturated carbocycles. The van der Waals surface area contributed by atoms with Crippen LogP contribution in [0.1, 0.15) is 32.6 Å². The number of sulfonamides is 1. The Morgan fingerprint density at radius 1 is 1.19 bits per heavy atom. The fourth-order valence-electron chi connectivity index (χ4n) is 3.45. The highest BCUT2D eigenvalue weighted by Gasteiger charge is 2.22. The maximum absolute atomic E-state index is 12.6. The fourth-order valence-corrected chi connectivity index (χ4v) is 5.52. The van der Waals surface area contributed by atoms with Crippen LogP contribution in [0.2, 0.25) is 0 Å². The van der Waals surface area contributed by atoms with Gasteiger partial charge in [0.05, 0.1) is 10.6 Å². The van der Waals surface area contributed by atoms with E-state index in [1.165, 1.54) is 19.8 Å². The number of thioether (sulfide) groups is 1. The molecule has 2 aliphatic heterocycles. The number of likely N-dealkylation sites (tertiary alicyclic amines) is 1. The number of anilines is 1. The molecule has 0 aliphatic carbocycles. The summed E-state index contributed by atoms with van der Waals surface area (Å²) in [7, 11) is -3.57. The van der Waals surface area contributed by atoms with Crippen molar-refractivity contribution in [2.45, 2.75) is 42.4 Å². The van der Waals surface area contributed by atoms with Gasteiger partial charge in [0.1, 0.15) is 0 Å². The van der Waals surface area contributed by atoms with E-state index in [1.807, 2.05) is 6.07 Å². The van der Waals surface area contributed by atoms with Gasteiger partial charge in [0.15, 0.2) is 0 Å². The summed E-state index contributed by atoms with van der Waals surface area (Å²) < 4.78 is 28.0. The largest absolute Gasteiger partial charge is 0.311 e. The van der Waals surface area contributed by atoms with Crippen LogP contribution in [0.3, 0.4) is 0 Å². The average molecular weight is 398 g/mol. The number of hydrogen-bond donors (Lipinski definition) is 1. The third kappa shape index (κ3) is 4.79. The quantitative estimate of drug-likeness (QED) is 0.746. The number of hydrogen-bond acceptors (Lipinski definition) is 5. The Labute approximate surface area is 160 Å². The first-order valence-corrected chi connectivity index (χ1v) is 11.7. The highest BCUT2D eigenvalue weighted by Crippen LogP contribution is 2.35. The molecule has 1 N–H and O–H groups in total. The van der Waals surface area contributed by atoms with Crippen LogP contribution in [-0.4, -0.2) is 57.7 Å². The second kappa shape index (κ2) is 8.73. The van der Waals surface area contributed by atoms with Crippen molar-refractivity contribution < 1.29 is 13.2 Å². The molecule has 0 spiro atoms. The molecular weight excluding hydrogens is 370 g/mol. The minimum Gasteiger partial charge on any atom is -0.311 e. The van der Waals surface area contributed by atoms with Gasteiger partial charge in [-0.05, 0) is 69.3 Å². The van der Waals surface area contributed by atoms with Crippen molar-refractivity contribution in [3.05, 3.63) is 18.2 Å². The van der Waals surface area contributed by atoms with Crippen molar-refractivity contribution >= 4 is 33.4 Å². The summed E-state index contributed by atoms with van der Waals surface area (Å²) in [5, 5.41) is 0. The van der Waals surface area contributed by atoms with Crippen LogP contribution >= 0.6 is 11.8 Å². The zero-order valence-electron chi connectivity index (χ0n) is 15.2. The Balaban J connectivity index is 1.68. The number of nitrogens with one attached hydrogen (secondary N) is 1. The molecule has 0 unspecified atom stereocenters. The molecule has 3 rings (SSSR count). The second-order valence-corrected chi connectivity index (χ2v) is 9.71. The predicted octanol–water partition coefficient (Wildman–Crippen LogP) is 2.30. The second-order valence-electron chi connectivity index (χ2n) is 6.80. The number of amides is 1. The third-order valence-corrected chi connectivity index (χ3v) is 7.44. The minimum absolute atomic E-state index is 0.0538. The molecule has 0 aromatic heterocycles. The SMILES string of the molecule is CC(=O)N1CCCSc2ccc(S(=O)(=O)NCCCN3CCCC3)cc21. The van der Waals surface area contributed by atoms with Gasteiger partial charge in [0.2, 0.25) is 15.9 Å². The predicted molar refractivity (Wildman–Crippen MR) is 105 cm³/mol. The highest BCUT2D eigenvalue weighted by atomic mass is 32.2. The van der Waals surface area contributed by atoms with Gasteiger partial charge in [-0.2, -0.15) is 0 Å². The van der Waals surface area contributed by atoms with E-state index in [-0.39, 0.29) is 10.8 Å². The van der Waals surface area contributed by atoms with Crippen LogP contribution in [0, 0.1) is 0 Å². The Morgan fingerprint density at radius 2 is 1.96 bits per heavy atom. The van der Waals surface area contributed by atoms with E-state index in [9.17, 15) is 13.2 Å². The number of carbonyl (C=O) groups is 1. The molecule has 2 heterocycles. The zero-order chi connectivity index (χ0) is 18.6. The lowest BCUT2D eigenvalue weighted by atomic mass is 10.2. The van der Waals surface area contributed by atoms with Gasteiger partial charge in [-0.15, -0.1) is 11.8 Å². The topological polar surface area (TPSA) is 69.7 Å². The Bertz CT molecular complexity index is 746. The molecule has 0 bridgehead atoms. The van der Waals surface area contributed by atoms with Crippen molar-refractivity contribution in [3.8, 4) is 0 Å². The van der Waals surface area contributed by atoms with Gasteiger partial charge >= 0.3 is 0 Å². The molecular formula is C18H27N3O3S2. The van der Waals surface area contributed by atoms with Crippen molar-refractivity contribution in [3.63, 3.8) is 0 Å². The van der Waals surface area contributed by atoms with Crippen molar-refractivity contribution in [2.75, 3.05) is 43.4 Å². The summed E-state index contributed by atoms with van der Waals surface area (Å²) in [5.74, 6) is 0.874. The van der Waals surface area contributed by atoms with Crippen molar-refractivity contribution in [1.29, 1.82) is 0 Å². The van der Waals surface area contributed by atoms with Crippen LogP contribution in [0.15, 0.2) is 28.0 Å². The molecule has 6 nitrogen and oxygen atoms in total. The van der Waals surface area contributed by atoms with E-state index in [0.717, 1.165) is 43.1 Å². The average Bonchev–Trinajstić information content (AvgIpc) is 3.03. The van der Waals surface area contributed by atoms with Gasteiger partial charge in [-0.25, -0.2) is 13.1 Å². The molecule has 1 aromatic carbocycles.